The summed E-state index contributed by atoms with van der Waals surface area (Å²) in [6, 6.07) is 34.2. The summed E-state index contributed by atoms with van der Waals surface area (Å²) in [6.07, 6.45) is 0. The summed E-state index contributed by atoms with van der Waals surface area (Å²) in [7, 11) is 0. The highest BCUT2D eigenvalue weighted by atomic mass is 15.1. The molecule has 0 aromatic heterocycles. The van der Waals surface area contributed by atoms with Gasteiger partial charge in [0.05, 0.1) is 28.4 Å². The molecule has 0 atom stereocenters. The van der Waals surface area contributed by atoms with E-state index in [2.05, 4.69) is 20.5 Å². The fourth-order valence-corrected chi connectivity index (χ4v) is 2.37. The van der Waals surface area contributed by atoms with Gasteiger partial charge in [0.25, 0.3) is 0 Å². The standard InChI is InChI=1S/C12H12N4.C12H10N2/c13-10-7-4-8-11(12(10)14)16-15-9-5-2-1-3-6-9;1-3-7-11(8-4-1)13-14-12-9-5-2-6-10-12/h1-8H,13-14H2;1-10H. The first-order valence-electron chi connectivity index (χ1n) is 9.35. The van der Waals surface area contributed by atoms with Crippen LogP contribution in [0.5, 0.6) is 0 Å². The SMILES string of the molecule is Nc1cccc(N=Nc2ccccc2)c1N.c1ccc(N=Nc2ccccc2)cc1. The molecule has 0 amide bonds. The van der Waals surface area contributed by atoms with E-state index < -0.39 is 0 Å². The molecule has 0 unspecified atom stereocenters. The van der Waals surface area contributed by atoms with Gasteiger partial charge in [-0.25, -0.2) is 0 Å². The van der Waals surface area contributed by atoms with Crippen LogP contribution in [0.1, 0.15) is 0 Å². The molecule has 4 aromatic rings. The molecule has 4 rings (SSSR count). The van der Waals surface area contributed by atoms with Crippen molar-refractivity contribution in [1.29, 1.82) is 0 Å². The molecule has 4 aromatic carbocycles. The summed E-state index contributed by atoms with van der Waals surface area (Å²) in [5.41, 5.74) is 15.5. The van der Waals surface area contributed by atoms with Crippen LogP contribution in [-0.2, 0) is 0 Å². The number of azo groups is 2. The van der Waals surface area contributed by atoms with Crippen LogP contribution < -0.4 is 11.5 Å². The Morgan fingerprint density at radius 2 is 0.800 bits per heavy atom. The zero-order valence-electron chi connectivity index (χ0n) is 16.3. The van der Waals surface area contributed by atoms with Gasteiger partial charge in [0.1, 0.15) is 5.69 Å². The molecule has 0 saturated carbocycles. The predicted molar refractivity (Wildman–Crippen MR) is 123 cm³/mol. The molecule has 4 N–H and O–H groups in total. The van der Waals surface area contributed by atoms with Gasteiger partial charge in [0.2, 0.25) is 0 Å². The molecule has 0 fully saturated rings. The third kappa shape index (κ3) is 6.38. The number of nitrogens with two attached hydrogens (primary N) is 2. The van der Waals surface area contributed by atoms with E-state index in [-0.39, 0.29) is 0 Å². The minimum Gasteiger partial charge on any atom is -0.397 e. The Morgan fingerprint density at radius 1 is 0.400 bits per heavy atom. The minimum absolute atomic E-state index is 0.460. The summed E-state index contributed by atoms with van der Waals surface area (Å²) in [5.74, 6) is 0. The predicted octanol–water partition coefficient (Wildman–Crippen LogP) is 7.37. The monoisotopic (exact) mass is 394 g/mol. The van der Waals surface area contributed by atoms with Gasteiger partial charge in [-0.1, -0.05) is 60.7 Å². The van der Waals surface area contributed by atoms with Crippen LogP contribution in [-0.4, -0.2) is 0 Å². The van der Waals surface area contributed by atoms with Crippen molar-refractivity contribution in [2.24, 2.45) is 20.5 Å². The van der Waals surface area contributed by atoms with Crippen LogP contribution in [0, 0.1) is 0 Å². The maximum absolute atomic E-state index is 5.77. The van der Waals surface area contributed by atoms with Gasteiger partial charge >= 0.3 is 0 Å². The van der Waals surface area contributed by atoms with Gasteiger partial charge < -0.3 is 11.5 Å². The van der Waals surface area contributed by atoms with Crippen LogP contribution in [0.2, 0.25) is 0 Å². The Labute approximate surface area is 175 Å². The molecule has 30 heavy (non-hydrogen) atoms. The summed E-state index contributed by atoms with van der Waals surface area (Å²) in [5, 5.41) is 16.3. The van der Waals surface area contributed by atoms with Crippen molar-refractivity contribution < 1.29 is 0 Å². The first-order valence-corrected chi connectivity index (χ1v) is 9.35. The fraction of sp³-hybridized carbons (Fsp3) is 0. The molecule has 0 radical (unpaired) electrons. The Kier molecular flexibility index (Phi) is 7.40. The third-order valence-electron chi connectivity index (χ3n) is 3.94. The van der Waals surface area contributed by atoms with E-state index in [0.717, 1.165) is 17.1 Å². The lowest BCUT2D eigenvalue weighted by atomic mass is 10.2. The van der Waals surface area contributed by atoms with E-state index in [1.54, 1.807) is 18.2 Å². The maximum atomic E-state index is 5.77. The molecule has 0 aliphatic carbocycles. The second-order valence-corrected chi connectivity index (χ2v) is 6.19. The van der Waals surface area contributed by atoms with Crippen molar-refractivity contribution in [3.8, 4) is 0 Å². The molecule has 6 nitrogen and oxygen atoms in total. The van der Waals surface area contributed by atoms with Crippen molar-refractivity contribution in [2.45, 2.75) is 0 Å². The quantitative estimate of drug-likeness (QED) is 0.279. The van der Waals surface area contributed by atoms with Crippen LogP contribution in [0.4, 0.5) is 34.1 Å². The smallest absolute Gasteiger partial charge is 0.111 e. The first-order chi connectivity index (χ1) is 14.7. The molecule has 0 aliphatic rings. The summed E-state index contributed by atoms with van der Waals surface area (Å²) in [6.45, 7) is 0. The number of hydrogen-bond acceptors (Lipinski definition) is 6. The van der Waals surface area contributed by atoms with Gasteiger partial charge in [-0.3, -0.25) is 0 Å². The number of benzene rings is 4. The zero-order valence-corrected chi connectivity index (χ0v) is 16.3. The third-order valence-corrected chi connectivity index (χ3v) is 3.94. The zero-order chi connectivity index (χ0) is 21.0. The van der Waals surface area contributed by atoms with E-state index in [1.165, 1.54) is 0 Å². The number of rotatable bonds is 4. The largest absolute Gasteiger partial charge is 0.397 e. The molecule has 0 heterocycles. The highest BCUT2D eigenvalue weighted by Gasteiger charge is 1.99. The van der Waals surface area contributed by atoms with Gasteiger partial charge in [0.15, 0.2) is 0 Å². The average molecular weight is 394 g/mol. The van der Waals surface area contributed by atoms with Gasteiger partial charge in [-0.05, 0) is 48.5 Å². The summed E-state index contributed by atoms with van der Waals surface area (Å²) >= 11 is 0. The topological polar surface area (TPSA) is 101 Å². The number of anilines is 2. The molecular weight excluding hydrogens is 372 g/mol. The van der Waals surface area contributed by atoms with Crippen molar-refractivity contribution in [3.05, 3.63) is 109 Å². The van der Waals surface area contributed by atoms with Crippen molar-refractivity contribution in [2.75, 3.05) is 11.5 Å². The van der Waals surface area contributed by atoms with E-state index in [0.29, 0.717) is 17.1 Å². The number of nitrogens with zero attached hydrogens (tertiary/aromatic N) is 4. The lowest BCUT2D eigenvalue weighted by molar-refractivity contribution is 1.23. The highest BCUT2D eigenvalue weighted by molar-refractivity contribution is 5.76. The molecule has 6 heteroatoms. The summed E-state index contributed by atoms with van der Waals surface area (Å²) < 4.78 is 0. The molecule has 0 spiro atoms. The van der Waals surface area contributed by atoms with Gasteiger partial charge in [0, 0.05) is 0 Å². The molecule has 0 aliphatic heterocycles. The van der Waals surface area contributed by atoms with Crippen molar-refractivity contribution >= 4 is 34.1 Å². The molecular formula is C24H22N6. The Morgan fingerprint density at radius 3 is 1.23 bits per heavy atom. The lowest BCUT2D eigenvalue weighted by Crippen LogP contribution is -1.93. The normalized spacial score (nSPS) is 10.7. The Bertz CT molecular complexity index is 1050. The average Bonchev–Trinajstić information content (AvgIpc) is 2.81. The Hall–Kier alpha value is -4.32. The lowest BCUT2D eigenvalue weighted by Gasteiger charge is -2.01. The van der Waals surface area contributed by atoms with E-state index in [9.17, 15) is 0 Å². The Balaban J connectivity index is 0.000000172. The number of hydrogen-bond donors (Lipinski definition) is 2. The van der Waals surface area contributed by atoms with Crippen molar-refractivity contribution in [1.82, 2.24) is 0 Å². The van der Waals surface area contributed by atoms with Crippen LogP contribution >= 0.6 is 0 Å². The van der Waals surface area contributed by atoms with E-state index in [1.807, 2.05) is 91.0 Å². The fourth-order valence-electron chi connectivity index (χ4n) is 2.37. The van der Waals surface area contributed by atoms with E-state index in [4.69, 9.17) is 11.5 Å². The number of nitrogen functional groups attached to an aromatic ring is 2. The van der Waals surface area contributed by atoms with Gasteiger partial charge in [-0.2, -0.15) is 15.3 Å². The number of para-hydroxylation sites is 1. The second-order valence-electron chi connectivity index (χ2n) is 6.19. The second kappa shape index (κ2) is 10.9. The van der Waals surface area contributed by atoms with Crippen LogP contribution in [0.25, 0.3) is 0 Å². The molecule has 0 bridgehead atoms. The minimum atomic E-state index is 0.460. The van der Waals surface area contributed by atoms with E-state index >= 15 is 0 Å². The van der Waals surface area contributed by atoms with Crippen LogP contribution in [0.3, 0.4) is 0 Å². The first kappa shape index (κ1) is 20.4. The summed E-state index contributed by atoms with van der Waals surface area (Å²) in [4.78, 5) is 0. The van der Waals surface area contributed by atoms with Gasteiger partial charge in [-0.15, -0.1) is 5.11 Å². The maximum Gasteiger partial charge on any atom is 0.111 e. The molecule has 148 valence electrons. The molecule has 0 saturated heterocycles. The highest BCUT2D eigenvalue weighted by Crippen LogP contribution is 2.28. The van der Waals surface area contributed by atoms with Crippen LogP contribution in [0.15, 0.2) is 130 Å². The van der Waals surface area contributed by atoms with Crippen molar-refractivity contribution in [3.63, 3.8) is 0 Å².